The van der Waals surface area contributed by atoms with Crippen molar-refractivity contribution >= 4 is 22.7 Å². The van der Waals surface area contributed by atoms with E-state index in [0.29, 0.717) is 40.0 Å². The van der Waals surface area contributed by atoms with Gasteiger partial charge in [-0.3, -0.25) is 13.9 Å². The molecular formula is C24H21FN6O2S. The van der Waals surface area contributed by atoms with Gasteiger partial charge in [0, 0.05) is 12.2 Å². The summed E-state index contributed by atoms with van der Waals surface area (Å²) in [6.45, 7) is 1.21. The lowest BCUT2D eigenvalue weighted by Crippen LogP contribution is -2.24. The molecule has 4 aromatic rings. The molecule has 0 aliphatic carbocycles. The minimum Gasteiger partial charge on any atom is -0.376 e. The molecule has 10 heteroatoms. The fraction of sp³-hybridized carbons (Fsp3) is 0.292. The van der Waals surface area contributed by atoms with E-state index in [1.54, 1.807) is 30.3 Å². The Hall–Kier alpha value is -3.55. The Morgan fingerprint density at radius 2 is 1.97 bits per heavy atom. The molecule has 1 saturated heterocycles. The van der Waals surface area contributed by atoms with E-state index >= 15 is 0 Å². The maximum atomic E-state index is 13.5. The van der Waals surface area contributed by atoms with Crippen molar-refractivity contribution in [1.82, 2.24) is 24.3 Å². The molecule has 0 radical (unpaired) electrons. The van der Waals surface area contributed by atoms with E-state index in [2.05, 4.69) is 21.3 Å². The van der Waals surface area contributed by atoms with E-state index in [1.165, 1.54) is 28.5 Å². The smallest absolute Gasteiger partial charge is 0.262 e. The molecule has 0 unspecified atom stereocenters. The van der Waals surface area contributed by atoms with Crippen LogP contribution in [0, 0.1) is 17.1 Å². The second-order valence-corrected chi connectivity index (χ2v) is 8.88. The molecule has 0 spiro atoms. The molecule has 34 heavy (non-hydrogen) atoms. The molecule has 8 nitrogen and oxygen atoms in total. The molecule has 1 aliphatic heterocycles. The second-order valence-electron chi connectivity index (χ2n) is 7.94. The topological polar surface area (TPSA) is 98.6 Å². The average Bonchev–Trinajstić information content (AvgIpc) is 3.51. The molecule has 2 aromatic carbocycles. The molecule has 1 fully saturated rings. The van der Waals surface area contributed by atoms with Crippen molar-refractivity contribution in [2.45, 2.75) is 42.9 Å². The Kier molecular flexibility index (Phi) is 6.38. The van der Waals surface area contributed by atoms with E-state index in [1.807, 2.05) is 10.6 Å². The summed E-state index contributed by atoms with van der Waals surface area (Å²) >= 11 is 1.39. The number of rotatable bonds is 7. The molecule has 0 saturated carbocycles. The summed E-state index contributed by atoms with van der Waals surface area (Å²) < 4.78 is 22.7. The van der Waals surface area contributed by atoms with Gasteiger partial charge in [0.2, 0.25) is 0 Å². The minimum absolute atomic E-state index is 0.0464. The molecule has 1 aliphatic rings. The number of hydrogen-bond donors (Lipinski definition) is 0. The molecule has 0 bridgehead atoms. The number of para-hydroxylation sites is 1. The molecule has 172 valence electrons. The normalized spacial score (nSPS) is 15.6. The lowest BCUT2D eigenvalue weighted by atomic mass is 10.2. The first kappa shape index (κ1) is 22.3. The van der Waals surface area contributed by atoms with Gasteiger partial charge in [-0.1, -0.05) is 23.9 Å². The molecule has 1 atom stereocenters. The zero-order valence-corrected chi connectivity index (χ0v) is 19.0. The van der Waals surface area contributed by atoms with E-state index in [-0.39, 0.29) is 24.0 Å². The third kappa shape index (κ3) is 4.44. The molecule has 0 amide bonds. The summed E-state index contributed by atoms with van der Waals surface area (Å²) in [5, 5.41) is 19.1. The third-order valence-corrected chi connectivity index (χ3v) is 6.69. The number of benzene rings is 2. The van der Waals surface area contributed by atoms with Crippen LogP contribution in [-0.2, 0) is 23.6 Å². The number of ether oxygens (including phenoxy) is 1. The first-order chi connectivity index (χ1) is 16.6. The lowest BCUT2D eigenvalue weighted by molar-refractivity contribution is 0.0953. The van der Waals surface area contributed by atoms with Crippen molar-refractivity contribution in [3.63, 3.8) is 0 Å². The van der Waals surface area contributed by atoms with Gasteiger partial charge >= 0.3 is 0 Å². The number of fused-ring (bicyclic) bond motifs is 1. The predicted octanol–water partition coefficient (Wildman–Crippen LogP) is 3.79. The van der Waals surface area contributed by atoms with Gasteiger partial charge in [-0.2, -0.15) is 5.26 Å². The van der Waals surface area contributed by atoms with Crippen LogP contribution in [0.15, 0.2) is 58.5 Å². The van der Waals surface area contributed by atoms with Gasteiger partial charge in [-0.25, -0.2) is 9.37 Å². The Balaban J connectivity index is 1.49. The van der Waals surface area contributed by atoms with Crippen LogP contribution in [0.1, 0.15) is 18.7 Å². The number of nitriles is 1. The quantitative estimate of drug-likeness (QED) is 0.374. The summed E-state index contributed by atoms with van der Waals surface area (Å²) in [5.74, 6) is 1.12. The molecule has 5 rings (SSSR count). The van der Waals surface area contributed by atoms with Crippen molar-refractivity contribution in [2.75, 3.05) is 6.61 Å². The van der Waals surface area contributed by atoms with Crippen LogP contribution in [0.5, 0.6) is 0 Å². The van der Waals surface area contributed by atoms with E-state index in [4.69, 9.17) is 4.74 Å². The van der Waals surface area contributed by atoms with Crippen molar-refractivity contribution in [2.24, 2.45) is 0 Å². The van der Waals surface area contributed by atoms with Gasteiger partial charge in [-0.15, -0.1) is 10.2 Å². The first-order valence-electron chi connectivity index (χ1n) is 10.9. The van der Waals surface area contributed by atoms with Crippen LogP contribution in [0.25, 0.3) is 22.3 Å². The van der Waals surface area contributed by atoms with Crippen LogP contribution in [0.3, 0.4) is 0 Å². The van der Waals surface area contributed by atoms with Gasteiger partial charge < -0.3 is 4.74 Å². The van der Waals surface area contributed by atoms with Gasteiger partial charge in [-0.05, 0) is 49.2 Å². The lowest BCUT2D eigenvalue weighted by Gasteiger charge is -2.15. The highest BCUT2D eigenvalue weighted by molar-refractivity contribution is 7.98. The number of hydrogen-bond acceptors (Lipinski definition) is 7. The maximum Gasteiger partial charge on any atom is 0.262 e. The molecule has 3 heterocycles. The highest BCUT2D eigenvalue weighted by atomic mass is 32.2. The summed E-state index contributed by atoms with van der Waals surface area (Å²) in [6, 6.07) is 15.3. The number of aromatic nitrogens is 5. The predicted molar refractivity (Wildman–Crippen MR) is 126 cm³/mol. The first-order valence-corrected chi connectivity index (χ1v) is 11.9. The highest BCUT2D eigenvalue weighted by Gasteiger charge is 2.22. The summed E-state index contributed by atoms with van der Waals surface area (Å²) in [6.07, 6.45) is 1.99. The molecular weight excluding hydrogens is 455 g/mol. The molecule has 2 aromatic heterocycles. The standard InChI is InChI=1S/C24H21FN6O2S/c25-17-9-7-16(8-10-17)22-28-29-24(31(22)14-18-4-3-13-33-18)34-15-21-27-20-6-2-1-5-19(20)23(32)30(21)12-11-26/h1-2,5-10,18H,3-4,12-15H2/t18-/m0/s1. The maximum absolute atomic E-state index is 13.5. The van der Waals surface area contributed by atoms with Crippen LogP contribution < -0.4 is 5.56 Å². The van der Waals surface area contributed by atoms with Crippen LogP contribution in [-0.4, -0.2) is 37.0 Å². The monoisotopic (exact) mass is 476 g/mol. The van der Waals surface area contributed by atoms with E-state index in [9.17, 15) is 14.4 Å². The van der Waals surface area contributed by atoms with Crippen LogP contribution in [0.2, 0.25) is 0 Å². The Morgan fingerprint density at radius 1 is 1.15 bits per heavy atom. The highest BCUT2D eigenvalue weighted by Crippen LogP contribution is 2.28. The van der Waals surface area contributed by atoms with Crippen molar-refractivity contribution in [3.05, 3.63) is 70.5 Å². The number of nitrogens with zero attached hydrogens (tertiary/aromatic N) is 6. The number of thioether (sulfide) groups is 1. The Morgan fingerprint density at radius 3 is 2.74 bits per heavy atom. The minimum atomic E-state index is -0.318. The van der Waals surface area contributed by atoms with E-state index < -0.39 is 0 Å². The summed E-state index contributed by atoms with van der Waals surface area (Å²) in [5.41, 5.74) is 1.10. The van der Waals surface area contributed by atoms with Gasteiger partial charge in [0.1, 0.15) is 18.2 Å². The van der Waals surface area contributed by atoms with Gasteiger partial charge in [0.25, 0.3) is 5.56 Å². The Bertz CT molecular complexity index is 1420. The van der Waals surface area contributed by atoms with Gasteiger partial charge in [0.05, 0.1) is 35.4 Å². The molecule has 0 N–H and O–H groups in total. The van der Waals surface area contributed by atoms with Crippen molar-refractivity contribution in [1.29, 1.82) is 5.26 Å². The fourth-order valence-electron chi connectivity index (χ4n) is 4.05. The Labute approximate surface area is 199 Å². The second kappa shape index (κ2) is 9.75. The zero-order valence-electron chi connectivity index (χ0n) is 18.2. The van der Waals surface area contributed by atoms with Crippen molar-refractivity contribution < 1.29 is 9.13 Å². The van der Waals surface area contributed by atoms with E-state index in [0.717, 1.165) is 25.0 Å². The largest absolute Gasteiger partial charge is 0.376 e. The summed E-state index contributed by atoms with van der Waals surface area (Å²) in [4.78, 5) is 17.6. The zero-order chi connectivity index (χ0) is 23.5. The average molecular weight is 477 g/mol. The van der Waals surface area contributed by atoms with Crippen LogP contribution >= 0.6 is 11.8 Å². The third-order valence-electron chi connectivity index (χ3n) is 5.73. The SMILES string of the molecule is N#CCn1c(CSc2nnc(-c3ccc(F)cc3)n2C[C@@H]2CCCO2)nc2ccccc2c1=O. The van der Waals surface area contributed by atoms with Crippen molar-refractivity contribution in [3.8, 4) is 17.5 Å². The number of halogens is 1. The van der Waals surface area contributed by atoms with Crippen LogP contribution in [0.4, 0.5) is 4.39 Å². The van der Waals surface area contributed by atoms with Gasteiger partial charge in [0.15, 0.2) is 11.0 Å². The summed E-state index contributed by atoms with van der Waals surface area (Å²) in [7, 11) is 0. The fourth-order valence-corrected chi connectivity index (χ4v) is 4.95.